The molecule has 3 rings (SSSR count). The predicted octanol–water partition coefficient (Wildman–Crippen LogP) is 3.65. The lowest BCUT2D eigenvalue weighted by molar-refractivity contribution is -0.385. The Kier molecular flexibility index (Phi) is 5.87. The van der Waals surface area contributed by atoms with Crippen molar-refractivity contribution >= 4 is 23.3 Å². The number of rotatable bonds is 6. The van der Waals surface area contributed by atoms with Crippen LogP contribution in [0.1, 0.15) is 20.7 Å². The number of esters is 2. The summed E-state index contributed by atoms with van der Waals surface area (Å²) in [5.41, 5.74) is -1.62. The predicted molar refractivity (Wildman–Crippen MR) is 104 cm³/mol. The van der Waals surface area contributed by atoms with Crippen molar-refractivity contribution in [3.63, 3.8) is 0 Å². The zero-order chi connectivity index (χ0) is 22.5. The molecule has 0 spiro atoms. The highest BCUT2D eigenvalue weighted by Crippen LogP contribution is 2.32. The molecule has 0 radical (unpaired) electrons. The number of ether oxygens (including phenoxy) is 2. The van der Waals surface area contributed by atoms with Gasteiger partial charge in [0.2, 0.25) is 0 Å². The lowest BCUT2D eigenvalue weighted by Gasteiger charge is -2.09. The maximum Gasteiger partial charge on any atom is 0.350 e. The summed E-state index contributed by atoms with van der Waals surface area (Å²) >= 11 is 0. The fourth-order valence-electron chi connectivity index (χ4n) is 2.57. The van der Waals surface area contributed by atoms with Gasteiger partial charge in [-0.25, -0.2) is 9.59 Å². The molecule has 11 nitrogen and oxygen atoms in total. The van der Waals surface area contributed by atoms with E-state index in [0.717, 1.165) is 24.3 Å². The molecule has 0 aliphatic heterocycles. The Morgan fingerprint density at radius 3 is 1.74 bits per heavy atom. The minimum absolute atomic E-state index is 0.189. The Balaban J connectivity index is 1.85. The van der Waals surface area contributed by atoms with Crippen molar-refractivity contribution in [1.29, 1.82) is 0 Å². The van der Waals surface area contributed by atoms with Gasteiger partial charge in [-0.2, -0.15) is 0 Å². The Morgan fingerprint density at radius 1 is 0.742 bits per heavy atom. The molecular weight excluding hydrogens is 412 g/mol. The Hall–Kier alpha value is -4.80. The summed E-state index contributed by atoms with van der Waals surface area (Å²) < 4.78 is 10.1. The summed E-state index contributed by atoms with van der Waals surface area (Å²) in [7, 11) is 0. The van der Waals surface area contributed by atoms with E-state index in [1.165, 1.54) is 42.5 Å². The Morgan fingerprint density at radius 2 is 1.23 bits per heavy atom. The maximum absolute atomic E-state index is 12.3. The standard InChI is InChI=1S/C20H12N2O9/c23-17-10-9-12(30-19(24)13-5-1-3-7-15(13)21(26)27)11-18(17)31-20(25)14-6-2-4-8-16(14)22(28)29/h1-11,23H. The lowest BCUT2D eigenvalue weighted by Crippen LogP contribution is -2.12. The number of nitrogens with zero attached hydrogens (tertiary/aromatic N) is 2. The summed E-state index contributed by atoms with van der Waals surface area (Å²) in [6.45, 7) is 0. The van der Waals surface area contributed by atoms with Gasteiger partial charge in [0.05, 0.1) is 9.85 Å². The summed E-state index contributed by atoms with van der Waals surface area (Å²) in [6, 6.07) is 13.4. The van der Waals surface area contributed by atoms with E-state index in [2.05, 4.69) is 0 Å². The normalized spacial score (nSPS) is 10.2. The number of carbonyl (C=O) groups excluding carboxylic acids is 2. The van der Waals surface area contributed by atoms with E-state index in [-0.39, 0.29) is 16.9 Å². The van der Waals surface area contributed by atoms with Gasteiger partial charge in [-0.3, -0.25) is 20.2 Å². The summed E-state index contributed by atoms with van der Waals surface area (Å²) in [6.07, 6.45) is 0. The first-order valence-corrected chi connectivity index (χ1v) is 8.52. The average Bonchev–Trinajstić information content (AvgIpc) is 2.75. The first kappa shape index (κ1) is 20.9. The number of hydrogen-bond acceptors (Lipinski definition) is 9. The first-order chi connectivity index (χ1) is 14.8. The summed E-state index contributed by atoms with van der Waals surface area (Å²) in [4.78, 5) is 45.3. The fraction of sp³-hybridized carbons (Fsp3) is 0. The van der Waals surface area contributed by atoms with Gasteiger partial charge in [-0.15, -0.1) is 0 Å². The molecule has 0 heterocycles. The van der Waals surface area contributed by atoms with Crippen molar-refractivity contribution in [2.45, 2.75) is 0 Å². The van der Waals surface area contributed by atoms with Gasteiger partial charge in [0.25, 0.3) is 11.4 Å². The van der Waals surface area contributed by atoms with E-state index in [0.29, 0.717) is 0 Å². The van der Waals surface area contributed by atoms with Gasteiger partial charge in [0.15, 0.2) is 11.5 Å². The van der Waals surface area contributed by atoms with Crippen LogP contribution >= 0.6 is 0 Å². The van der Waals surface area contributed by atoms with Gasteiger partial charge >= 0.3 is 11.9 Å². The SMILES string of the molecule is O=C(Oc1ccc(O)c(OC(=O)c2ccccc2[N+](=O)[O-])c1)c1ccccc1[N+](=O)[O-]. The fourth-order valence-corrected chi connectivity index (χ4v) is 2.57. The molecule has 0 atom stereocenters. The molecule has 0 unspecified atom stereocenters. The van der Waals surface area contributed by atoms with Gasteiger partial charge < -0.3 is 14.6 Å². The van der Waals surface area contributed by atoms with Crippen molar-refractivity contribution < 1.29 is 34.0 Å². The Bertz CT molecular complexity index is 1210. The molecule has 0 aliphatic carbocycles. The molecule has 0 saturated carbocycles. The molecule has 0 saturated heterocycles. The van der Waals surface area contributed by atoms with Gasteiger partial charge in [0.1, 0.15) is 16.9 Å². The molecule has 3 aromatic rings. The number of nitro groups is 2. The molecule has 31 heavy (non-hydrogen) atoms. The number of phenolic OH excluding ortho intramolecular Hbond substituents is 1. The van der Waals surface area contributed by atoms with Crippen LogP contribution in [-0.4, -0.2) is 26.9 Å². The molecule has 0 bridgehead atoms. The highest BCUT2D eigenvalue weighted by Gasteiger charge is 2.24. The van der Waals surface area contributed by atoms with E-state index in [4.69, 9.17) is 9.47 Å². The van der Waals surface area contributed by atoms with Crippen molar-refractivity contribution in [3.05, 3.63) is 98.1 Å². The lowest BCUT2D eigenvalue weighted by atomic mass is 10.2. The van der Waals surface area contributed by atoms with Crippen LogP contribution < -0.4 is 9.47 Å². The summed E-state index contributed by atoms with van der Waals surface area (Å²) in [5.74, 6) is -3.29. The molecule has 3 aromatic carbocycles. The quantitative estimate of drug-likeness (QED) is 0.270. The van der Waals surface area contributed by atoms with Crippen molar-refractivity contribution in [1.82, 2.24) is 0 Å². The number of phenols is 1. The largest absolute Gasteiger partial charge is 0.504 e. The molecular formula is C20H12N2O9. The van der Waals surface area contributed by atoms with E-state index < -0.39 is 44.7 Å². The highest BCUT2D eigenvalue weighted by atomic mass is 16.6. The molecule has 11 heteroatoms. The molecule has 0 aliphatic rings. The van der Waals surface area contributed by atoms with Crippen molar-refractivity contribution in [3.8, 4) is 17.2 Å². The number of aromatic hydroxyl groups is 1. The molecule has 0 amide bonds. The minimum Gasteiger partial charge on any atom is -0.504 e. The second-order valence-electron chi connectivity index (χ2n) is 5.96. The van der Waals surface area contributed by atoms with Crippen LogP contribution in [0, 0.1) is 20.2 Å². The Labute approximate surface area is 173 Å². The third-order valence-electron chi connectivity index (χ3n) is 3.99. The van der Waals surface area contributed by atoms with E-state index >= 15 is 0 Å². The molecule has 156 valence electrons. The third-order valence-corrected chi connectivity index (χ3v) is 3.99. The highest BCUT2D eigenvalue weighted by molar-refractivity contribution is 5.96. The summed E-state index contributed by atoms with van der Waals surface area (Å²) in [5, 5.41) is 32.1. The number of benzene rings is 3. The molecule has 0 fully saturated rings. The van der Waals surface area contributed by atoms with E-state index in [1.807, 2.05) is 0 Å². The van der Waals surface area contributed by atoms with Gasteiger partial charge in [-0.05, 0) is 24.3 Å². The average molecular weight is 424 g/mol. The molecule has 0 aromatic heterocycles. The van der Waals surface area contributed by atoms with Crippen LogP contribution in [0.25, 0.3) is 0 Å². The van der Waals surface area contributed by atoms with Crippen molar-refractivity contribution in [2.75, 3.05) is 0 Å². The monoisotopic (exact) mass is 424 g/mol. The van der Waals surface area contributed by atoms with E-state index in [1.54, 1.807) is 0 Å². The first-order valence-electron chi connectivity index (χ1n) is 8.52. The van der Waals surface area contributed by atoms with Crippen LogP contribution in [0.15, 0.2) is 66.7 Å². The van der Waals surface area contributed by atoms with Crippen LogP contribution in [0.5, 0.6) is 17.2 Å². The number of para-hydroxylation sites is 2. The molecule has 1 N–H and O–H groups in total. The maximum atomic E-state index is 12.3. The number of carbonyl (C=O) groups is 2. The second-order valence-corrected chi connectivity index (χ2v) is 5.96. The van der Waals surface area contributed by atoms with Gasteiger partial charge in [-0.1, -0.05) is 24.3 Å². The van der Waals surface area contributed by atoms with Crippen LogP contribution in [-0.2, 0) is 0 Å². The number of hydrogen-bond donors (Lipinski definition) is 1. The van der Waals surface area contributed by atoms with Crippen LogP contribution in [0.2, 0.25) is 0 Å². The van der Waals surface area contributed by atoms with Gasteiger partial charge in [0, 0.05) is 18.2 Å². The van der Waals surface area contributed by atoms with Crippen LogP contribution in [0.4, 0.5) is 11.4 Å². The van der Waals surface area contributed by atoms with Crippen LogP contribution in [0.3, 0.4) is 0 Å². The smallest absolute Gasteiger partial charge is 0.350 e. The topological polar surface area (TPSA) is 159 Å². The van der Waals surface area contributed by atoms with Crippen molar-refractivity contribution in [2.24, 2.45) is 0 Å². The zero-order valence-electron chi connectivity index (χ0n) is 15.5. The minimum atomic E-state index is -1.12. The zero-order valence-corrected chi connectivity index (χ0v) is 15.5. The number of nitro benzene ring substituents is 2. The second kappa shape index (κ2) is 8.69. The van der Waals surface area contributed by atoms with E-state index in [9.17, 15) is 34.9 Å². The third kappa shape index (κ3) is 4.62.